The summed E-state index contributed by atoms with van der Waals surface area (Å²) in [7, 11) is 0. The second kappa shape index (κ2) is 11.8. The number of aromatic hydroxyl groups is 1. The standard InChI is InChI=1S/C38H28N2O4.Li/c41-35-29(37-39-31(21-43-37)23-11-3-1-4-12-23)19-25-15-7-9-17-27(25)33(35)34-28-18-10-8-16-26(28)20-30(36(34)42)38-40-32(22-44-38)24-13-5-2-6-14-24;/h1-20,31-32,41-42H,21-22H2;/q;+1/p-1/t31-,32-;/m0./s1. The van der Waals surface area contributed by atoms with E-state index in [9.17, 15) is 10.2 Å². The molecule has 6 aromatic rings. The van der Waals surface area contributed by atoms with Crippen LogP contribution in [0.2, 0.25) is 0 Å². The number of hydrogen-bond acceptors (Lipinski definition) is 6. The van der Waals surface area contributed by atoms with E-state index in [2.05, 4.69) is 0 Å². The maximum atomic E-state index is 14.5. The van der Waals surface area contributed by atoms with E-state index < -0.39 is 0 Å². The van der Waals surface area contributed by atoms with Gasteiger partial charge in [0.2, 0.25) is 11.8 Å². The molecule has 1 N–H and O–H groups in total. The molecule has 0 fully saturated rings. The molecule has 2 aliphatic rings. The minimum absolute atomic E-state index is 0. The quantitative estimate of drug-likeness (QED) is 0.304. The fraction of sp³-hybridized carbons (Fsp3) is 0.105. The summed E-state index contributed by atoms with van der Waals surface area (Å²) in [5.74, 6) is 0.354. The van der Waals surface area contributed by atoms with Crippen molar-refractivity contribution >= 4 is 33.3 Å². The number of ether oxygens (including phenoxy) is 2. The van der Waals surface area contributed by atoms with Gasteiger partial charge in [-0.05, 0) is 50.4 Å². The molecule has 0 bridgehead atoms. The number of fused-ring (bicyclic) bond motifs is 2. The van der Waals surface area contributed by atoms with Crippen LogP contribution in [-0.4, -0.2) is 30.1 Å². The molecule has 2 atom stereocenters. The number of hydrogen-bond donors (Lipinski definition) is 1. The largest absolute Gasteiger partial charge is 1.00 e. The first-order valence-corrected chi connectivity index (χ1v) is 14.7. The summed E-state index contributed by atoms with van der Waals surface area (Å²) in [5.41, 5.74) is 3.71. The van der Waals surface area contributed by atoms with Crippen molar-refractivity contribution in [2.75, 3.05) is 13.2 Å². The summed E-state index contributed by atoms with van der Waals surface area (Å²) in [6.07, 6.45) is 0. The Balaban J connectivity index is 0.00000325. The normalized spacial score (nSPS) is 17.3. The number of benzene rings is 6. The molecule has 0 amide bonds. The molecule has 2 aliphatic heterocycles. The molecular formula is C38H27LiN2O4. The predicted octanol–water partition coefficient (Wildman–Crippen LogP) is 4.48. The SMILES string of the molecule is [Li+].[O-]c1c(C2=N[C@H](c3ccccc3)CO2)cc2ccccc2c1-c1c(O)c(C2=N[C@H](c3ccccc3)CO2)cc2ccccc12. The molecule has 8 rings (SSSR count). The molecule has 2 heterocycles. The van der Waals surface area contributed by atoms with Crippen LogP contribution in [-0.2, 0) is 9.47 Å². The third kappa shape index (κ3) is 5.03. The minimum atomic E-state index is -0.259. The molecule has 0 saturated heterocycles. The molecular weight excluding hydrogens is 555 g/mol. The Labute approximate surface area is 272 Å². The number of phenolic OH excluding ortho intramolecular Hbond substituents is 1. The van der Waals surface area contributed by atoms with Crippen LogP contribution in [0.3, 0.4) is 0 Å². The van der Waals surface area contributed by atoms with Gasteiger partial charge in [0.25, 0.3) is 0 Å². The second-order valence-electron chi connectivity index (χ2n) is 11.1. The molecule has 7 heteroatoms. The summed E-state index contributed by atoms with van der Waals surface area (Å²) in [5, 5.41) is 29.8. The number of nitrogens with zero attached hydrogens (tertiary/aromatic N) is 2. The van der Waals surface area contributed by atoms with E-state index in [1.165, 1.54) is 0 Å². The summed E-state index contributed by atoms with van der Waals surface area (Å²) >= 11 is 0. The summed E-state index contributed by atoms with van der Waals surface area (Å²) in [4.78, 5) is 9.68. The van der Waals surface area contributed by atoms with Gasteiger partial charge in [0.05, 0.1) is 5.56 Å². The van der Waals surface area contributed by atoms with Crippen molar-refractivity contribution < 1.29 is 38.5 Å². The van der Waals surface area contributed by atoms with Crippen molar-refractivity contribution in [3.63, 3.8) is 0 Å². The molecule has 45 heavy (non-hydrogen) atoms. The average Bonchev–Trinajstić information content (AvgIpc) is 3.77. The Bertz CT molecular complexity index is 1960. The van der Waals surface area contributed by atoms with Crippen LogP contribution >= 0.6 is 0 Å². The fourth-order valence-corrected chi connectivity index (χ4v) is 6.22. The molecule has 0 spiro atoms. The summed E-state index contributed by atoms with van der Waals surface area (Å²) in [6.45, 7) is 0.719. The molecule has 6 nitrogen and oxygen atoms in total. The fourth-order valence-electron chi connectivity index (χ4n) is 6.22. The molecule has 0 aliphatic carbocycles. The third-order valence-corrected chi connectivity index (χ3v) is 8.41. The van der Waals surface area contributed by atoms with E-state index in [1.54, 1.807) is 0 Å². The Morgan fingerprint density at radius 2 is 1.02 bits per heavy atom. The molecule has 0 saturated carbocycles. The molecule has 0 radical (unpaired) electrons. The second-order valence-corrected chi connectivity index (χ2v) is 11.1. The summed E-state index contributed by atoms with van der Waals surface area (Å²) < 4.78 is 12.1. The van der Waals surface area contributed by atoms with E-state index >= 15 is 0 Å². The Hall–Kier alpha value is -5.02. The smallest absolute Gasteiger partial charge is 0.871 e. The van der Waals surface area contributed by atoms with Crippen molar-refractivity contribution in [2.45, 2.75) is 12.1 Å². The van der Waals surface area contributed by atoms with Gasteiger partial charge in [0, 0.05) is 11.1 Å². The van der Waals surface area contributed by atoms with E-state index in [1.807, 2.05) is 121 Å². The van der Waals surface area contributed by atoms with E-state index in [0.717, 1.165) is 32.7 Å². The average molecular weight is 583 g/mol. The van der Waals surface area contributed by atoms with Crippen LogP contribution in [0.1, 0.15) is 34.3 Å². The first-order chi connectivity index (χ1) is 21.7. The van der Waals surface area contributed by atoms with Crippen molar-refractivity contribution in [1.82, 2.24) is 0 Å². The Morgan fingerprint density at radius 3 is 1.58 bits per heavy atom. The molecule has 0 aromatic heterocycles. The zero-order chi connectivity index (χ0) is 29.6. The monoisotopic (exact) mass is 582 g/mol. The van der Waals surface area contributed by atoms with Gasteiger partial charge in [-0.1, -0.05) is 115 Å². The summed E-state index contributed by atoms with van der Waals surface area (Å²) in [6, 6.07) is 38.7. The van der Waals surface area contributed by atoms with Crippen LogP contribution in [0.4, 0.5) is 0 Å². The Morgan fingerprint density at radius 1 is 0.578 bits per heavy atom. The maximum absolute atomic E-state index is 14.5. The first kappa shape index (κ1) is 28.7. The van der Waals surface area contributed by atoms with Gasteiger partial charge in [0.15, 0.2) is 0 Å². The van der Waals surface area contributed by atoms with E-state index in [4.69, 9.17) is 19.5 Å². The number of rotatable bonds is 5. The maximum Gasteiger partial charge on any atom is 1.00 e. The topological polar surface area (TPSA) is 86.5 Å². The van der Waals surface area contributed by atoms with Crippen molar-refractivity contribution in [3.05, 3.63) is 144 Å². The zero-order valence-electron chi connectivity index (χ0n) is 24.7. The number of aliphatic imine (C=N–C) groups is 2. The zero-order valence-corrected chi connectivity index (χ0v) is 24.7. The Kier molecular flexibility index (Phi) is 7.54. The molecule has 0 unspecified atom stereocenters. The van der Waals surface area contributed by atoms with Gasteiger partial charge in [-0.15, -0.1) is 0 Å². The van der Waals surface area contributed by atoms with Gasteiger partial charge in [-0.3, -0.25) is 0 Å². The minimum Gasteiger partial charge on any atom is -0.871 e. The van der Waals surface area contributed by atoms with Crippen molar-refractivity contribution in [2.24, 2.45) is 9.98 Å². The van der Waals surface area contributed by atoms with Crippen molar-refractivity contribution in [3.8, 4) is 22.6 Å². The molecule has 214 valence electrons. The molecule has 6 aromatic carbocycles. The van der Waals surface area contributed by atoms with E-state index in [-0.39, 0.29) is 42.4 Å². The van der Waals surface area contributed by atoms with E-state index in [0.29, 0.717) is 47.3 Å². The van der Waals surface area contributed by atoms with Crippen LogP contribution in [0.15, 0.2) is 131 Å². The van der Waals surface area contributed by atoms with Crippen LogP contribution in [0, 0.1) is 0 Å². The van der Waals surface area contributed by atoms with Gasteiger partial charge >= 0.3 is 18.9 Å². The first-order valence-electron chi connectivity index (χ1n) is 14.7. The van der Waals surface area contributed by atoms with Crippen molar-refractivity contribution in [1.29, 1.82) is 0 Å². The van der Waals surface area contributed by atoms with Gasteiger partial charge in [-0.2, -0.15) is 0 Å². The predicted molar refractivity (Wildman–Crippen MR) is 171 cm³/mol. The van der Waals surface area contributed by atoms with Gasteiger partial charge < -0.3 is 19.7 Å². The van der Waals surface area contributed by atoms with Crippen LogP contribution in [0.25, 0.3) is 32.7 Å². The van der Waals surface area contributed by atoms with Crippen LogP contribution < -0.4 is 24.0 Å². The van der Waals surface area contributed by atoms with Gasteiger partial charge in [0.1, 0.15) is 31.0 Å². The van der Waals surface area contributed by atoms with Gasteiger partial charge in [-0.25, -0.2) is 9.98 Å². The van der Waals surface area contributed by atoms with Crippen LogP contribution in [0.5, 0.6) is 11.5 Å². The number of phenols is 1. The third-order valence-electron chi connectivity index (χ3n) is 8.41.